The number of anilines is 1. The first kappa shape index (κ1) is 13.5. The second-order valence-corrected chi connectivity index (χ2v) is 4.45. The van der Waals surface area contributed by atoms with Crippen LogP contribution in [-0.4, -0.2) is 32.2 Å². The average molecular weight is 263 g/mol. The third-order valence-corrected chi connectivity index (χ3v) is 3.14. The summed E-state index contributed by atoms with van der Waals surface area (Å²) in [6.07, 6.45) is 1.48. The molecule has 0 saturated carbocycles. The van der Waals surface area contributed by atoms with E-state index in [2.05, 4.69) is 10.1 Å². The molecule has 102 valence electrons. The minimum atomic E-state index is -0.415. The molecule has 19 heavy (non-hydrogen) atoms. The largest absolute Gasteiger partial charge is 0.465 e. The highest BCUT2D eigenvalue weighted by molar-refractivity contribution is 5.95. The quantitative estimate of drug-likeness (QED) is 0.845. The van der Waals surface area contributed by atoms with Crippen LogP contribution >= 0.6 is 0 Å². The molecular formula is C14H17NO4. The Labute approximate surface area is 111 Å². The van der Waals surface area contributed by atoms with E-state index in [1.54, 1.807) is 24.3 Å². The van der Waals surface area contributed by atoms with Gasteiger partial charge in [-0.25, -0.2) is 4.79 Å². The summed E-state index contributed by atoms with van der Waals surface area (Å²) in [5.41, 5.74) is 1.03. The van der Waals surface area contributed by atoms with Gasteiger partial charge < -0.3 is 14.8 Å². The highest BCUT2D eigenvalue weighted by Crippen LogP contribution is 2.18. The van der Waals surface area contributed by atoms with Crippen molar-refractivity contribution in [3.63, 3.8) is 0 Å². The summed E-state index contributed by atoms with van der Waals surface area (Å²) in [6.45, 7) is 1.25. The highest BCUT2D eigenvalue weighted by Gasteiger charge is 2.21. The van der Waals surface area contributed by atoms with Crippen LogP contribution in [0.2, 0.25) is 0 Å². The van der Waals surface area contributed by atoms with Crippen molar-refractivity contribution in [1.82, 2.24) is 0 Å². The third kappa shape index (κ3) is 3.54. The van der Waals surface area contributed by atoms with Crippen LogP contribution < -0.4 is 5.32 Å². The molecule has 0 unspecified atom stereocenters. The molecule has 2 rings (SSSR count). The van der Waals surface area contributed by atoms with Crippen LogP contribution in [-0.2, 0) is 14.3 Å². The Morgan fingerprint density at radius 2 is 2.05 bits per heavy atom. The number of amides is 1. The zero-order valence-corrected chi connectivity index (χ0v) is 10.8. The second kappa shape index (κ2) is 6.33. The molecule has 1 fully saturated rings. The van der Waals surface area contributed by atoms with Crippen LogP contribution in [0.1, 0.15) is 23.2 Å². The Morgan fingerprint density at radius 3 is 2.74 bits per heavy atom. The van der Waals surface area contributed by atoms with Gasteiger partial charge in [-0.3, -0.25) is 4.79 Å². The molecule has 1 aromatic carbocycles. The van der Waals surface area contributed by atoms with Crippen molar-refractivity contribution in [3.8, 4) is 0 Å². The van der Waals surface area contributed by atoms with Gasteiger partial charge in [0.1, 0.15) is 0 Å². The van der Waals surface area contributed by atoms with Crippen LogP contribution in [0.15, 0.2) is 24.3 Å². The number of carbonyl (C=O) groups excluding carboxylic acids is 2. The van der Waals surface area contributed by atoms with Gasteiger partial charge in [-0.15, -0.1) is 0 Å². The molecule has 1 amide bonds. The Bertz CT molecular complexity index is 466. The summed E-state index contributed by atoms with van der Waals surface area (Å²) >= 11 is 0. The Morgan fingerprint density at radius 1 is 1.32 bits per heavy atom. The summed E-state index contributed by atoms with van der Waals surface area (Å²) in [4.78, 5) is 23.4. The van der Waals surface area contributed by atoms with E-state index in [-0.39, 0.29) is 11.8 Å². The standard InChI is InChI=1S/C14H17NO4/c1-18-14(17)11-3-2-4-12(9-11)15-13(16)10-5-7-19-8-6-10/h2-4,9-10H,5-8H2,1H3,(H,15,16). The maximum absolute atomic E-state index is 12.0. The van der Waals surface area contributed by atoms with E-state index in [4.69, 9.17) is 4.74 Å². The molecule has 1 N–H and O–H groups in total. The van der Waals surface area contributed by atoms with Crippen molar-refractivity contribution >= 4 is 17.6 Å². The zero-order valence-electron chi connectivity index (χ0n) is 10.8. The molecule has 1 aliphatic rings. The van der Waals surface area contributed by atoms with E-state index in [0.29, 0.717) is 24.5 Å². The smallest absolute Gasteiger partial charge is 0.337 e. The average Bonchev–Trinajstić information content (AvgIpc) is 2.47. The normalized spacial score (nSPS) is 15.8. The molecule has 1 aromatic rings. The molecule has 5 heteroatoms. The molecular weight excluding hydrogens is 246 g/mol. The number of hydrogen-bond acceptors (Lipinski definition) is 4. The van der Waals surface area contributed by atoms with Gasteiger partial charge >= 0.3 is 5.97 Å². The van der Waals surface area contributed by atoms with Gasteiger partial charge in [0.25, 0.3) is 0 Å². The number of nitrogens with one attached hydrogen (secondary N) is 1. The molecule has 5 nitrogen and oxygen atoms in total. The Balaban J connectivity index is 2.02. The van der Waals surface area contributed by atoms with Crippen LogP contribution in [0.3, 0.4) is 0 Å². The minimum absolute atomic E-state index is 0.0180. The number of esters is 1. The van der Waals surface area contributed by atoms with Crippen LogP contribution in [0.4, 0.5) is 5.69 Å². The van der Waals surface area contributed by atoms with Crippen molar-refractivity contribution in [1.29, 1.82) is 0 Å². The first-order valence-electron chi connectivity index (χ1n) is 6.27. The molecule has 0 aromatic heterocycles. The fourth-order valence-corrected chi connectivity index (χ4v) is 2.05. The van der Waals surface area contributed by atoms with Crippen LogP contribution in [0.5, 0.6) is 0 Å². The SMILES string of the molecule is COC(=O)c1cccc(NC(=O)C2CCOCC2)c1. The van der Waals surface area contributed by atoms with Crippen LogP contribution in [0.25, 0.3) is 0 Å². The molecule has 0 atom stereocenters. The lowest BCUT2D eigenvalue weighted by Gasteiger charge is -2.21. The van der Waals surface area contributed by atoms with Gasteiger partial charge in [0.15, 0.2) is 0 Å². The van der Waals surface area contributed by atoms with Gasteiger partial charge in [0, 0.05) is 24.8 Å². The number of hydrogen-bond donors (Lipinski definition) is 1. The number of benzene rings is 1. The van der Waals surface area contributed by atoms with Crippen molar-refractivity contribution < 1.29 is 19.1 Å². The molecule has 0 aliphatic carbocycles. The molecule has 1 saturated heterocycles. The second-order valence-electron chi connectivity index (χ2n) is 4.45. The predicted octanol–water partition coefficient (Wildman–Crippen LogP) is 1.84. The van der Waals surface area contributed by atoms with Gasteiger partial charge in [-0.2, -0.15) is 0 Å². The summed E-state index contributed by atoms with van der Waals surface area (Å²) in [5.74, 6) is -0.456. The van der Waals surface area contributed by atoms with E-state index >= 15 is 0 Å². The van der Waals surface area contributed by atoms with Gasteiger partial charge in [-0.05, 0) is 31.0 Å². The van der Waals surface area contributed by atoms with E-state index in [1.165, 1.54) is 7.11 Å². The monoisotopic (exact) mass is 263 g/mol. The Hall–Kier alpha value is -1.88. The fourth-order valence-electron chi connectivity index (χ4n) is 2.05. The lowest BCUT2D eigenvalue weighted by Crippen LogP contribution is -2.28. The van der Waals surface area contributed by atoms with Crippen molar-refractivity contribution in [3.05, 3.63) is 29.8 Å². The minimum Gasteiger partial charge on any atom is -0.465 e. The maximum Gasteiger partial charge on any atom is 0.337 e. The fraction of sp³-hybridized carbons (Fsp3) is 0.429. The number of methoxy groups -OCH3 is 1. The van der Waals surface area contributed by atoms with Crippen molar-refractivity contribution in [2.45, 2.75) is 12.8 Å². The van der Waals surface area contributed by atoms with E-state index in [9.17, 15) is 9.59 Å². The van der Waals surface area contributed by atoms with E-state index < -0.39 is 5.97 Å². The topological polar surface area (TPSA) is 64.6 Å². The molecule has 1 aliphatic heterocycles. The summed E-state index contributed by atoms with van der Waals surface area (Å²) in [5, 5.41) is 2.83. The summed E-state index contributed by atoms with van der Waals surface area (Å²) < 4.78 is 9.87. The number of carbonyl (C=O) groups is 2. The van der Waals surface area contributed by atoms with Gasteiger partial charge in [-0.1, -0.05) is 6.07 Å². The predicted molar refractivity (Wildman–Crippen MR) is 70.0 cm³/mol. The summed E-state index contributed by atoms with van der Waals surface area (Å²) in [7, 11) is 1.33. The highest BCUT2D eigenvalue weighted by atomic mass is 16.5. The van der Waals surface area contributed by atoms with Crippen LogP contribution in [0, 0.1) is 5.92 Å². The molecule has 1 heterocycles. The van der Waals surface area contributed by atoms with Gasteiger partial charge in [0.05, 0.1) is 12.7 Å². The van der Waals surface area contributed by atoms with Crippen molar-refractivity contribution in [2.75, 3.05) is 25.6 Å². The number of ether oxygens (including phenoxy) is 2. The lowest BCUT2D eigenvalue weighted by molar-refractivity contribution is -0.122. The molecule has 0 spiro atoms. The molecule has 0 bridgehead atoms. The maximum atomic E-state index is 12.0. The number of rotatable bonds is 3. The lowest BCUT2D eigenvalue weighted by atomic mass is 9.99. The zero-order chi connectivity index (χ0) is 13.7. The Kier molecular flexibility index (Phi) is 4.52. The van der Waals surface area contributed by atoms with Crippen molar-refractivity contribution in [2.24, 2.45) is 5.92 Å². The summed E-state index contributed by atoms with van der Waals surface area (Å²) in [6, 6.07) is 6.73. The first-order valence-corrected chi connectivity index (χ1v) is 6.27. The molecule has 0 radical (unpaired) electrons. The third-order valence-electron chi connectivity index (χ3n) is 3.14. The van der Waals surface area contributed by atoms with E-state index in [0.717, 1.165) is 12.8 Å². The van der Waals surface area contributed by atoms with E-state index in [1.807, 2.05) is 0 Å². The first-order chi connectivity index (χ1) is 9.20. The van der Waals surface area contributed by atoms with Gasteiger partial charge in [0.2, 0.25) is 5.91 Å².